The molecule has 0 saturated heterocycles. The first-order chi connectivity index (χ1) is 22.2. The van der Waals surface area contributed by atoms with E-state index in [4.69, 9.17) is 9.47 Å². The number of ether oxygens (including phenoxy) is 2. The number of rotatable bonds is 37. The second kappa shape index (κ2) is 39.1. The molecule has 45 heavy (non-hydrogen) atoms. The van der Waals surface area contributed by atoms with Gasteiger partial charge in [-0.1, -0.05) is 160 Å². The van der Waals surface area contributed by atoms with E-state index in [0.29, 0.717) is 19.6 Å². The molecular formula is C41H78O4. The molecule has 0 aromatic heterocycles. The molecule has 0 saturated carbocycles. The zero-order valence-corrected chi connectivity index (χ0v) is 30.4. The van der Waals surface area contributed by atoms with Crippen molar-refractivity contribution < 1.29 is 19.4 Å². The summed E-state index contributed by atoms with van der Waals surface area (Å²) < 4.78 is 11.1. The molecule has 1 N–H and O–H groups in total. The summed E-state index contributed by atoms with van der Waals surface area (Å²) in [5.74, 6) is -0.209. The smallest absolute Gasteiger partial charge is 0.306 e. The van der Waals surface area contributed by atoms with Crippen LogP contribution in [0.5, 0.6) is 0 Å². The highest BCUT2D eigenvalue weighted by Gasteiger charge is 2.13. The number of hydrogen-bond donors (Lipinski definition) is 1. The van der Waals surface area contributed by atoms with Gasteiger partial charge in [-0.2, -0.15) is 0 Å². The van der Waals surface area contributed by atoms with E-state index in [1.54, 1.807) is 0 Å². The largest absolute Gasteiger partial charge is 0.457 e. The maximum atomic E-state index is 12.1. The van der Waals surface area contributed by atoms with Crippen molar-refractivity contribution in [2.45, 2.75) is 213 Å². The zero-order valence-electron chi connectivity index (χ0n) is 30.4. The van der Waals surface area contributed by atoms with Gasteiger partial charge in [-0.25, -0.2) is 0 Å². The average Bonchev–Trinajstić information content (AvgIpc) is 3.05. The molecule has 0 aliphatic rings. The Bertz CT molecular complexity index is 629. The van der Waals surface area contributed by atoms with E-state index >= 15 is 0 Å². The van der Waals surface area contributed by atoms with Crippen LogP contribution in [0.15, 0.2) is 24.3 Å². The van der Waals surface area contributed by atoms with Crippen molar-refractivity contribution in [3.63, 3.8) is 0 Å². The lowest BCUT2D eigenvalue weighted by molar-refractivity contribution is -0.154. The summed E-state index contributed by atoms with van der Waals surface area (Å²) in [6.45, 7) is 5.33. The van der Waals surface area contributed by atoms with Gasteiger partial charge < -0.3 is 14.6 Å². The van der Waals surface area contributed by atoms with Gasteiger partial charge in [-0.05, 0) is 64.2 Å². The third-order valence-electron chi connectivity index (χ3n) is 8.75. The molecule has 0 aromatic rings. The molecule has 0 fully saturated rings. The third kappa shape index (κ3) is 37.2. The minimum absolute atomic E-state index is 0.173. The molecule has 0 bridgehead atoms. The van der Waals surface area contributed by atoms with Crippen molar-refractivity contribution in [2.24, 2.45) is 0 Å². The highest BCUT2D eigenvalue weighted by Crippen LogP contribution is 2.13. The Kier molecular flexibility index (Phi) is 38.1. The fourth-order valence-corrected chi connectivity index (χ4v) is 5.73. The van der Waals surface area contributed by atoms with Crippen molar-refractivity contribution >= 4 is 5.97 Å². The van der Waals surface area contributed by atoms with E-state index in [1.807, 2.05) is 0 Å². The molecule has 0 heterocycles. The van der Waals surface area contributed by atoms with Gasteiger partial charge in [0.25, 0.3) is 0 Å². The number of allylic oxidation sites excluding steroid dienone is 4. The Morgan fingerprint density at radius 3 is 1.29 bits per heavy atom. The number of aliphatic hydroxyl groups is 1. The molecule has 0 aromatic carbocycles. The Labute approximate surface area is 281 Å². The predicted octanol–water partition coefficient (Wildman–Crippen LogP) is 12.8. The highest BCUT2D eigenvalue weighted by atomic mass is 16.6. The topological polar surface area (TPSA) is 55.8 Å². The Morgan fingerprint density at radius 1 is 0.511 bits per heavy atom. The average molecular weight is 635 g/mol. The molecule has 0 rings (SSSR count). The number of esters is 1. The van der Waals surface area contributed by atoms with E-state index in [1.165, 1.54) is 167 Å². The van der Waals surface area contributed by atoms with Crippen LogP contribution in [0.1, 0.15) is 206 Å². The van der Waals surface area contributed by atoms with Gasteiger partial charge in [-0.15, -0.1) is 0 Å². The number of aliphatic hydroxyl groups excluding tert-OH is 1. The molecule has 0 spiro atoms. The van der Waals surface area contributed by atoms with Gasteiger partial charge in [0.1, 0.15) is 6.10 Å². The lowest BCUT2D eigenvalue weighted by Crippen LogP contribution is -2.27. The maximum Gasteiger partial charge on any atom is 0.306 e. The summed E-state index contributed by atoms with van der Waals surface area (Å²) in [6.07, 6.45) is 46.5. The van der Waals surface area contributed by atoms with Crippen molar-refractivity contribution in [3.05, 3.63) is 24.3 Å². The van der Waals surface area contributed by atoms with Crippen LogP contribution < -0.4 is 0 Å². The lowest BCUT2D eigenvalue weighted by Gasteiger charge is -2.15. The second-order valence-electron chi connectivity index (χ2n) is 13.3. The number of carbonyl (C=O) groups excluding carboxylic acids is 1. The van der Waals surface area contributed by atoms with Gasteiger partial charge in [-0.3, -0.25) is 4.79 Å². The highest BCUT2D eigenvalue weighted by molar-refractivity contribution is 5.69. The van der Waals surface area contributed by atoms with Crippen LogP contribution in [0.25, 0.3) is 0 Å². The van der Waals surface area contributed by atoms with Crippen LogP contribution in [-0.4, -0.2) is 37.0 Å². The lowest BCUT2D eigenvalue weighted by atomic mass is 10.1. The fraction of sp³-hybridized carbons (Fsp3) is 0.878. The van der Waals surface area contributed by atoms with Crippen molar-refractivity contribution in [3.8, 4) is 0 Å². The van der Waals surface area contributed by atoms with Gasteiger partial charge in [0.15, 0.2) is 0 Å². The standard InChI is InChI=1S/C41H78O4/c1-3-5-7-9-11-13-15-17-18-19-20-21-22-23-25-27-29-31-33-35-37-44-39-40(38-42)45-41(43)36-34-32-30-28-26-24-16-14-12-10-8-6-4-2/h14,16-18,40,42H,3-13,15,19-39H2,1-2H3/b16-14-,18-17-. The van der Waals surface area contributed by atoms with Gasteiger partial charge >= 0.3 is 5.97 Å². The van der Waals surface area contributed by atoms with Crippen molar-refractivity contribution in [1.82, 2.24) is 0 Å². The number of unbranched alkanes of at least 4 members (excludes halogenated alkanes) is 25. The van der Waals surface area contributed by atoms with Crippen molar-refractivity contribution in [1.29, 1.82) is 0 Å². The third-order valence-corrected chi connectivity index (χ3v) is 8.75. The molecule has 4 nitrogen and oxygen atoms in total. The van der Waals surface area contributed by atoms with E-state index in [2.05, 4.69) is 38.2 Å². The van der Waals surface area contributed by atoms with E-state index in [9.17, 15) is 9.90 Å². The monoisotopic (exact) mass is 635 g/mol. The zero-order chi connectivity index (χ0) is 32.7. The van der Waals surface area contributed by atoms with Gasteiger partial charge in [0.2, 0.25) is 0 Å². The first kappa shape index (κ1) is 43.9. The minimum Gasteiger partial charge on any atom is -0.457 e. The number of carbonyl (C=O) groups is 1. The fourth-order valence-electron chi connectivity index (χ4n) is 5.73. The van der Waals surface area contributed by atoms with Crippen LogP contribution in [0.2, 0.25) is 0 Å². The molecular weight excluding hydrogens is 556 g/mol. The molecule has 0 radical (unpaired) electrons. The number of hydrogen-bond acceptors (Lipinski definition) is 4. The van der Waals surface area contributed by atoms with Gasteiger partial charge in [0.05, 0.1) is 13.2 Å². The molecule has 1 atom stereocenters. The van der Waals surface area contributed by atoms with Crippen LogP contribution >= 0.6 is 0 Å². The molecule has 0 aliphatic heterocycles. The van der Waals surface area contributed by atoms with E-state index < -0.39 is 6.10 Å². The summed E-state index contributed by atoms with van der Waals surface area (Å²) >= 11 is 0. The first-order valence-corrected chi connectivity index (χ1v) is 19.9. The first-order valence-electron chi connectivity index (χ1n) is 19.9. The van der Waals surface area contributed by atoms with Crippen LogP contribution in [0, 0.1) is 0 Å². The summed E-state index contributed by atoms with van der Waals surface area (Å²) in [5.41, 5.74) is 0. The van der Waals surface area contributed by atoms with Crippen molar-refractivity contribution in [2.75, 3.05) is 19.8 Å². The summed E-state index contributed by atoms with van der Waals surface area (Å²) in [7, 11) is 0. The molecule has 266 valence electrons. The second-order valence-corrected chi connectivity index (χ2v) is 13.3. The normalized spacial score (nSPS) is 12.5. The van der Waals surface area contributed by atoms with Crippen LogP contribution in [0.3, 0.4) is 0 Å². The minimum atomic E-state index is -0.535. The van der Waals surface area contributed by atoms with Crippen LogP contribution in [0.4, 0.5) is 0 Å². The summed E-state index contributed by atoms with van der Waals surface area (Å²) in [5, 5.41) is 9.57. The maximum absolute atomic E-state index is 12.1. The molecule has 4 heteroatoms. The Hall–Kier alpha value is -1.13. The Balaban J connectivity index is 3.41. The summed E-state index contributed by atoms with van der Waals surface area (Å²) in [4.78, 5) is 12.1. The van der Waals surface area contributed by atoms with E-state index in [0.717, 1.165) is 19.3 Å². The molecule has 0 aliphatic carbocycles. The SMILES string of the molecule is CCCCCC/C=C\CCCCCCCC(=O)OC(CO)COCCCCCCCCCCCC/C=C\CCCCCCCC. The van der Waals surface area contributed by atoms with E-state index in [-0.39, 0.29) is 12.6 Å². The van der Waals surface area contributed by atoms with Crippen LogP contribution in [-0.2, 0) is 14.3 Å². The van der Waals surface area contributed by atoms with Gasteiger partial charge in [0, 0.05) is 13.0 Å². The summed E-state index contributed by atoms with van der Waals surface area (Å²) in [6, 6.07) is 0. The Morgan fingerprint density at radius 2 is 0.867 bits per heavy atom. The molecule has 0 amide bonds. The quantitative estimate of drug-likeness (QED) is 0.0420. The predicted molar refractivity (Wildman–Crippen MR) is 196 cm³/mol. The molecule has 1 unspecified atom stereocenters.